The number of rotatable bonds is 4. The molecule has 0 N–H and O–H groups in total. The van der Waals surface area contributed by atoms with Gasteiger partial charge in [-0.1, -0.05) is 158 Å². The van der Waals surface area contributed by atoms with Crippen LogP contribution in [0.2, 0.25) is 0 Å². The van der Waals surface area contributed by atoms with Crippen LogP contribution in [-0.2, 0) is 0 Å². The highest BCUT2D eigenvalue weighted by Gasteiger charge is 2.19. The number of nitrogens with zero attached hydrogens (tertiary/aromatic N) is 1. The fourth-order valence-corrected chi connectivity index (χ4v) is 10.5. The minimum absolute atomic E-state index is 0.898. The third-order valence-corrected chi connectivity index (χ3v) is 13.4. The molecule has 0 atom stereocenters. The number of fused-ring (bicyclic) bond motifs is 15. The number of para-hydroxylation sites is 4. The average Bonchev–Trinajstić information content (AvgIpc) is 4.03. The molecule has 11 aromatic carbocycles. The summed E-state index contributed by atoms with van der Waals surface area (Å²) in [5.74, 6) is 0. The normalized spacial score (nSPS) is 12.1. The van der Waals surface area contributed by atoms with Gasteiger partial charge >= 0.3 is 0 Å². The molecule has 0 aliphatic heterocycles. The summed E-state index contributed by atoms with van der Waals surface area (Å²) < 4.78 is 15.6. The predicted molar refractivity (Wildman–Crippen MR) is 264 cm³/mol. The van der Waals surface area contributed by atoms with Crippen molar-refractivity contribution in [2.24, 2.45) is 0 Å². The summed E-state index contributed by atoms with van der Waals surface area (Å²) in [6, 6.07) is 76.9. The van der Waals surface area contributed by atoms with Crippen LogP contribution in [-0.4, -0.2) is 4.57 Å². The molecular formula is C60H35NO2. The third kappa shape index (κ3) is 5.02. The number of furan rings is 2. The Morgan fingerprint density at radius 3 is 1.22 bits per heavy atom. The van der Waals surface area contributed by atoms with E-state index in [2.05, 4.69) is 205 Å². The van der Waals surface area contributed by atoms with Crippen molar-refractivity contribution in [1.82, 2.24) is 4.57 Å². The Morgan fingerprint density at radius 1 is 0.254 bits per heavy atom. The number of benzene rings is 11. The molecule has 0 aliphatic carbocycles. The van der Waals surface area contributed by atoms with Gasteiger partial charge in [-0.05, 0) is 109 Å². The van der Waals surface area contributed by atoms with Crippen LogP contribution in [0, 0.1) is 0 Å². The van der Waals surface area contributed by atoms with Crippen LogP contribution >= 0.6 is 0 Å². The largest absolute Gasteiger partial charge is 0.455 e. The van der Waals surface area contributed by atoms with Crippen LogP contribution in [0.4, 0.5) is 0 Å². The zero-order valence-electron chi connectivity index (χ0n) is 34.0. The minimum Gasteiger partial charge on any atom is -0.455 e. The maximum atomic E-state index is 6.57. The SMILES string of the molecule is c1cc(-c2ccc3c4ccccc4c4ccccc4c3c2)cc(-n2c3ccc(-c4cccc5c4oc4ccccc45)cc3c3cc(-c4cccc5c4oc4ccccc45)ccc32)c1. The Bertz CT molecular complexity index is 4010. The number of hydrogen-bond acceptors (Lipinski definition) is 2. The lowest BCUT2D eigenvalue weighted by atomic mass is 9.92. The van der Waals surface area contributed by atoms with Crippen molar-refractivity contribution >= 4 is 98.0 Å². The molecule has 292 valence electrons. The first-order chi connectivity index (χ1) is 31.2. The van der Waals surface area contributed by atoms with Crippen molar-refractivity contribution in [1.29, 1.82) is 0 Å². The average molecular weight is 802 g/mol. The van der Waals surface area contributed by atoms with Gasteiger partial charge in [0.1, 0.15) is 22.3 Å². The van der Waals surface area contributed by atoms with Gasteiger partial charge in [0.25, 0.3) is 0 Å². The highest BCUT2D eigenvalue weighted by atomic mass is 16.3. The molecule has 0 aliphatic rings. The first-order valence-corrected chi connectivity index (χ1v) is 21.6. The van der Waals surface area contributed by atoms with E-state index in [4.69, 9.17) is 8.83 Å². The van der Waals surface area contributed by atoms with E-state index in [1.807, 2.05) is 12.1 Å². The van der Waals surface area contributed by atoms with E-state index >= 15 is 0 Å². The second kappa shape index (κ2) is 13.1. The molecule has 0 saturated carbocycles. The molecule has 63 heavy (non-hydrogen) atoms. The van der Waals surface area contributed by atoms with E-state index < -0.39 is 0 Å². The molecule has 0 bridgehead atoms. The molecule has 0 unspecified atom stereocenters. The smallest absolute Gasteiger partial charge is 0.143 e. The lowest BCUT2D eigenvalue weighted by Gasteiger charge is -2.13. The molecule has 3 aromatic heterocycles. The van der Waals surface area contributed by atoms with Crippen molar-refractivity contribution < 1.29 is 8.83 Å². The molecule has 3 nitrogen and oxygen atoms in total. The molecule has 3 heteroatoms. The Labute approximate surface area is 361 Å². The highest BCUT2D eigenvalue weighted by Crippen LogP contribution is 2.43. The van der Waals surface area contributed by atoms with Gasteiger partial charge in [0.15, 0.2) is 0 Å². The molecular weight excluding hydrogens is 767 g/mol. The standard InChI is InChI=1S/C60H35NO2/c1-2-16-45-43(14-1)44-15-3-4-17-46(44)52-33-37(26-29-47(45)52)36-12-9-13-40(32-36)61-55-30-27-38(41-20-10-22-50-48-18-5-7-24-57(48)62-59(41)50)34-53(55)54-35-39(28-31-56(54)61)42-21-11-23-51-49-19-6-8-25-58(49)63-60(42)51/h1-35H. The van der Waals surface area contributed by atoms with Crippen molar-refractivity contribution in [2.45, 2.75) is 0 Å². The molecule has 0 amide bonds. The van der Waals surface area contributed by atoms with Gasteiger partial charge in [-0.3, -0.25) is 0 Å². The van der Waals surface area contributed by atoms with Crippen LogP contribution in [0.3, 0.4) is 0 Å². The summed E-state index contributed by atoms with van der Waals surface area (Å²) in [7, 11) is 0. The molecule has 0 spiro atoms. The maximum absolute atomic E-state index is 6.57. The summed E-state index contributed by atoms with van der Waals surface area (Å²) in [6.07, 6.45) is 0. The second-order valence-corrected chi connectivity index (χ2v) is 16.8. The molecule has 14 aromatic rings. The lowest BCUT2D eigenvalue weighted by Crippen LogP contribution is -1.94. The zero-order valence-corrected chi connectivity index (χ0v) is 34.0. The van der Waals surface area contributed by atoms with Crippen molar-refractivity contribution in [3.63, 3.8) is 0 Å². The van der Waals surface area contributed by atoms with Crippen LogP contribution in [0.1, 0.15) is 0 Å². The zero-order chi connectivity index (χ0) is 41.2. The van der Waals surface area contributed by atoms with E-state index in [1.165, 1.54) is 54.2 Å². The summed E-state index contributed by atoms with van der Waals surface area (Å²) in [6.45, 7) is 0. The minimum atomic E-state index is 0.898. The highest BCUT2D eigenvalue weighted by molar-refractivity contribution is 6.26. The van der Waals surface area contributed by atoms with E-state index in [1.54, 1.807) is 0 Å². The summed E-state index contributed by atoms with van der Waals surface area (Å²) in [5.41, 5.74) is 13.7. The lowest BCUT2D eigenvalue weighted by molar-refractivity contribution is 0.669. The number of hydrogen-bond donors (Lipinski definition) is 0. The van der Waals surface area contributed by atoms with E-state index in [9.17, 15) is 0 Å². The first kappa shape index (κ1) is 34.3. The van der Waals surface area contributed by atoms with Gasteiger partial charge in [-0.2, -0.15) is 0 Å². The summed E-state index contributed by atoms with van der Waals surface area (Å²) in [5, 5.41) is 14.5. The van der Waals surface area contributed by atoms with Gasteiger partial charge in [-0.15, -0.1) is 0 Å². The summed E-state index contributed by atoms with van der Waals surface area (Å²) >= 11 is 0. The van der Waals surface area contributed by atoms with Crippen molar-refractivity contribution in [3.05, 3.63) is 212 Å². The van der Waals surface area contributed by atoms with Gasteiger partial charge in [0.2, 0.25) is 0 Å². The van der Waals surface area contributed by atoms with Crippen LogP contribution in [0.15, 0.2) is 221 Å². The first-order valence-electron chi connectivity index (χ1n) is 21.6. The van der Waals surface area contributed by atoms with Crippen LogP contribution in [0.25, 0.3) is 137 Å². The fraction of sp³-hybridized carbons (Fsp3) is 0. The van der Waals surface area contributed by atoms with Gasteiger partial charge < -0.3 is 13.4 Å². The molecule has 0 radical (unpaired) electrons. The third-order valence-electron chi connectivity index (χ3n) is 13.4. The molecule has 14 rings (SSSR count). The number of aromatic nitrogens is 1. The Kier molecular flexibility index (Phi) is 7.11. The Hall–Kier alpha value is -8.40. The second-order valence-electron chi connectivity index (χ2n) is 16.8. The van der Waals surface area contributed by atoms with Crippen LogP contribution < -0.4 is 0 Å². The van der Waals surface area contributed by atoms with Gasteiger partial charge in [0, 0.05) is 49.1 Å². The Morgan fingerprint density at radius 2 is 0.667 bits per heavy atom. The van der Waals surface area contributed by atoms with Crippen LogP contribution in [0.5, 0.6) is 0 Å². The monoisotopic (exact) mass is 801 g/mol. The van der Waals surface area contributed by atoms with Crippen molar-refractivity contribution in [2.75, 3.05) is 0 Å². The molecule has 0 fully saturated rings. The van der Waals surface area contributed by atoms with E-state index in [0.717, 1.165) is 82.9 Å². The molecule has 3 heterocycles. The van der Waals surface area contributed by atoms with E-state index in [0.29, 0.717) is 0 Å². The topological polar surface area (TPSA) is 31.2 Å². The Balaban J connectivity index is 0.990. The quantitative estimate of drug-likeness (QED) is 0.166. The van der Waals surface area contributed by atoms with E-state index in [-0.39, 0.29) is 0 Å². The van der Waals surface area contributed by atoms with Crippen molar-refractivity contribution in [3.8, 4) is 39.1 Å². The summed E-state index contributed by atoms with van der Waals surface area (Å²) in [4.78, 5) is 0. The van der Waals surface area contributed by atoms with Gasteiger partial charge in [-0.25, -0.2) is 0 Å². The van der Waals surface area contributed by atoms with Gasteiger partial charge in [0.05, 0.1) is 11.0 Å². The molecule has 0 saturated heterocycles. The maximum Gasteiger partial charge on any atom is 0.143 e. The predicted octanol–water partition coefficient (Wildman–Crippen LogP) is 17.0. The fourth-order valence-electron chi connectivity index (χ4n) is 10.5.